The summed E-state index contributed by atoms with van der Waals surface area (Å²) >= 11 is 6.25. The van der Waals surface area contributed by atoms with Gasteiger partial charge in [-0.1, -0.05) is 82.3 Å². The molecule has 5 rings (SSSR count). The Hall–Kier alpha value is -3.47. The number of halogens is 1. The van der Waals surface area contributed by atoms with E-state index >= 15 is 0 Å². The number of Topliss-reactive ketones (excluding diaryl/α,β-unsaturated/α-hetero) is 1. The molecule has 3 N–H and O–H groups in total. The lowest BCUT2D eigenvalue weighted by atomic mass is 9.84. The largest absolute Gasteiger partial charge is 0.387 e. The molecule has 268 valence electrons. The molecular weight excluding hydrogens is 646 g/mol. The van der Waals surface area contributed by atoms with Gasteiger partial charge in [-0.25, -0.2) is 0 Å². The quantitative estimate of drug-likeness (QED) is 0.255. The molecule has 4 amide bonds. The van der Waals surface area contributed by atoms with Crippen LogP contribution in [0.3, 0.4) is 0 Å². The molecule has 0 aromatic heterocycles. The molecule has 3 fully saturated rings. The molecular formula is C37H52ClN5O6. The minimum Gasteiger partial charge on any atom is -0.387 e. The molecule has 1 aromatic carbocycles. The van der Waals surface area contributed by atoms with Gasteiger partial charge in [0.25, 0.3) is 5.91 Å². The molecule has 0 radical (unpaired) electrons. The second-order valence-electron chi connectivity index (χ2n) is 15.6. The summed E-state index contributed by atoms with van der Waals surface area (Å²) in [5.74, 6) is -1.85. The number of benzene rings is 1. The summed E-state index contributed by atoms with van der Waals surface area (Å²) in [7, 11) is 0. The maximum atomic E-state index is 14.6. The lowest BCUT2D eigenvalue weighted by molar-refractivity contribution is -0.145. The van der Waals surface area contributed by atoms with E-state index in [1.54, 1.807) is 12.1 Å². The maximum Gasteiger partial charge on any atom is 0.289 e. The molecule has 2 aliphatic heterocycles. The van der Waals surface area contributed by atoms with Crippen LogP contribution in [-0.4, -0.2) is 76.8 Å². The van der Waals surface area contributed by atoms with E-state index in [1.807, 2.05) is 39.8 Å². The van der Waals surface area contributed by atoms with Crippen molar-refractivity contribution in [3.63, 3.8) is 0 Å². The molecule has 11 nitrogen and oxygen atoms in total. The Labute approximate surface area is 294 Å². The SMILES string of the molecule is CCC[C@H](NC(=O)[C@@H]1C[C@]2(CC(c3cccc(Cl)c3)=NO2)CN1C(=O)[C@@H](NC(=O)CC1CCCCC1)C(C)(C)C)C(=O)C(=O)NCC1CC1. The first-order valence-corrected chi connectivity index (χ1v) is 18.4. The second-order valence-corrected chi connectivity index (χ2v) is 16.1. The highest BCUT2D eigenvalue weighted by Gasteiger charge is 2.55. The molecule has 1 aromatic rings. The monoisotopic (exact) mass is 697 g/mol. The van der Waals surface area contributed by atoms with Gasteiger partial charge >= 0.3 is 0 Å². The lowest BCUT2D eigenvalue weighted by Crippen LogP contribution is -2.59. The summed E-state index contributed by atoms with van der Waals surface area (Å²) in [5.41, 5.74) is -0.246. The zero-order valence-corrected chi connectivity index (χ0v) is 30.1. The zero-order chi connectivity index (χ0) is 35.3. The van der Waals surface area contributed by atoms with Gasteiger partial charge in [-0.2, -0.15) is 0 Å². The van der Waals surface area contributed by atoms with E-state index in [-0.39, 0.29) is 25.3 Å². The second kappa shape index (κ2) is 15.6. The first-order valence-electron chi connectivity index (χ1n) is 18.0. The van der Waals surface area contributed by atoms with Gasteiger partial charge in [0, 0.05) is 36.4 Å². The molecule has 0 bridgehead atoms. The Morgan fingerprint density at radius 3 is 2.43 bits per heavy atom. The van der Waals surface area contributed by atoms with Crippen LogP contribution >= 0.6 is 11.6 Å². The van der Waals surface area contributed by atoms with E-state index in [9.17, 15) is 24.0 Å². The van der Waals surface area contributed by atoms with Crippen molar-refractivity contribution in [1.29, 1.82) is 0 Å². The van der Waals surface area contributed by atoms with Crippen molar-refractivity contribution in [3.05, 3.63) is 34.9 Å². The van der Waals surface area contributed by atoms with Gasteiger partial charge in [-0.15, -0.1) is 0 Å². The van der Waals surface area contributed by atoms with Gasteiger partial charge < -0.3 is 25.7 Å². The van der Waals surface area contributed by atoms with Crippen molar-refractivity contribution in [1.82, 2.24) is 20.9 Å². The van der Waals surface area contributed by atoms with Crippen LogP contribution < -0.4 is 16.0 Å². The lowest BCUT2D eigenvalue weighted by Gasteiger charge is -2.36. The minimum atomic E-state index is -1.04. The highest BCUT2D eigenvalue weighted by atomic mass is 35.5. The van der Waals surface area contributed by atoms with Crippen LogP contribution in [0.5, 0.6) is 0 Å². The van der Waals surface area contributed by atoms with Gasteiger partial charge in [0.05, 0.1) is 18.3 Å². The third-order valence-corrected chi connectivity index (χ3v) is 10.5. The molecule has 49 heavy (non-hydrogen) atoms. The summed E-state index contributed by atoms with van der Waals surface area (Å²) in [6.45, 7) is 8.04. The summed E-state index contributed by atoms with van der Waals surface area (Å²) in [6.07, 6.45) is 9.08. The van der Waals surface area contributed by atoms with E-state index in [4.69, 9.17) is 16.4 Å². The number of carbonyl (C=O) groups excluding carboxylic acids is 5. The predicted molar refractivity (Wildman–Crippen MR) is 187 cm³/mol. The molecule has 2 aliphatic carbocycles. The van der Waals surface area contributed by atoms with Crippen LogP contribution in [0.2, 0.25) is 5.02 Å². The number of likely N-dealkylation sites (tertiary alicyclic amines) is 1. The highest BCUT2D eigenvalue weighted by molar-refractivity contribution is 6.38. The van der Waals surface area contributed by atoms with Crippen LogP contribution in [0, 0.1) is 17.3 Å². The molecule has 4 atom stereocenters. The number of rotatable bonds is 13. The number of nitrogens with zero attached hydrogens (tertiary/aromatic N) is 2. The standard InChI is InChI=1S/C37H52ClN5O6/c1-5-10-27(31(45)34(47)39-21-24-15-16-24)40-33(46)29-20-37(19-28(42-49-37)25-13-9-14-26(38)18-25)22-43(29)35(48)32(36(2,3)4)41-30(44)17-23-11-7-6-8-12-23/h9,13-14,18,23-24,27,29,32H,5-8,10-12,15-17,19-22H2,1-4H3,(H,39,47)(H,40,46)(H,41,44)/t27-,29-,32+,37+/m0/s1. The summed E-state index contributed by atoms with van der Waals surface area (Å²) in [4.78, 5) is 75.6. The van der Waals surface area contributed by atoms with Crippen LogP contribution in [0.1, 0.15) is 110 Å². The average Bonchev–Trinajstić information content (AvgIpc) is 3.69. The number of oxime groups is 1. The van der Waals surface area contributed by atoms with E-state index in [1.165, 1.54) is 11.3 Å². The minimum absolute atomic E-state index is 0.0524. The zero-order valence-electron chi connectivity index (χ0n) is 29.3. The predicted octanol–water partition coefficient (Wildman–Crippen LogP) is 4.69. The summed E-state index contributed by atoms with van der Waals surface area (Å²) < 4.78 is 0. The Morgan fingerprint density at radius 1 is 1.04 bits per heavy atom. The third-order valence-electron chi connectivity index (χ3n) is 10.3. The van der Waals surface area contributed by atoms with E-state index in [2.05, 4.69) is 21.1 Å². The smallest absolute Gasteiger partial charge is 0.289 e. The first kappa shape index (κ1) is 36.8. The van der Waals surface area contributed by atoms with Gasteiger partial charge in [0.1, 0.15) is 12.1 Å². The molecule has 0 unspecified atom stereocenters. The Morgan fingerprint density at radius 2 is 1.78 bits per heavy atom. The van der Waals surface area contributed by atoms with Gasteiger partial charge in [0.2, 0.25) is 23.5 Å². The fraction of sp³-hybridized carbons (Fsp3) is 0.676. The molecule has 4 aliphatic rings. The summed E-state index contributed by atoms with van der Waals surface area (Å²) in [5, 5.41) is 13.5. The first-order chi connectivity index (χ1) is 23.3. The van der Waals surface area contributed by atoms with Crippen LogP contribution in [0.25, 0.3) is 0 Å². The molecule has 12 heteroatoms. The Balaban J connectivity index is 1.37. The van der Waals surface area contributed by atoms with Crippen molar-refractivity contribution >= 4 is 46.7 Å². The van der Waals surface area contributed by atoms with Gasteiger partial charge in [0.15, 0.2) is 5.60 Å². The number of ketones is 1. The van der Waals surface area contributed by atoms with Gasteiger partial charge in [-0.05, 0) is 61.5 Å². The van der Waals surface area contributed by atoms with Crippen molar-refractivity contribution in [2.75, 3.05) is 13.1 Å². The topological polar surface area (TPSA) is 146 Å². The molecule has 2 saturated carbocycles. The Bertz CT molecular complexity index is 1450. The van der Waals surface area contributed by atoms with E-state index in [0.29, 0.717) is 48.4 Å². The summed E-state index contributed by atoms with van der Waals surface area (Å²) in [6, 6.07) is 4.28. The Kier molecular flexibility index (Phi) is 11.7. The average molecular weight is 698 g/mol. The number of amides is 4. The number of hydrogen-bond acceptors (Lipinski definition) is 7. The molecule has 2 heterocycles. The van der Waals surface area contributed by atoms with Crippen molar-refractivity contribution in [2.24, 2.45) is 22.4 Å². The van der Waals surface area contributed by atoms with Crippen LogP contribution in [0.4, 0.5) is 0 Å². The van der Waals surface area contributed by atoms with Crippen LogP contribution in [-0.2, 0) is 28.8 Å². The number of carbonyl (C=O) groups is 5. The number of nitrogens with one attached hydrogen (secondary N) is 3. The molecule has 1 spiro atoms. The highest BCUT2D eigenvalue weighted by Crippen LogP contribution is 2.40. The van der Waals surface area contributed by atoms with Gasteiger partial charge in [-0.3, -0.25) is 24.0 Å². The fourth-order valence-electron chi connectivity index (χ4n) is 7.27. The fourth-order valence-corrected chi connectivity index (χ4v) is 7.46. The number of hydrogen-bond donors (Lipinski definition) is 3. The maximum absolute atomic E-state index is 14.6. The third kappa shape index (κ3) is 9.41. The molecule has 1 saturated heterocycles. The normalized spacial score (nSPS) is 23.7. The van der Waals surface area contributed by atoms with E-state index < -0.39 is 52.6 Å². The van der Waals surface area contributed by atoms with E-state index in [0.717, 1.165) is 44.1 Å². The van der Waals surface area contributed by atoms with Crippen molar-refractivity contribution in [3.8, 4) is 0 Å². The van der Waals surface area contributed by atoms with Crippen molar-refractivity contribution in [2.45, 2.75) is 128 Å². The van der Waals surface area contributed by atoms with Crippen molar-refractivity contribution < 1.29 is 28.8 Å². The van der Waals surface area contributed by atoms with Crippen LogP contribution in [0.15, 0.2) is 29.4 Å².